The third-order valence-electron chi connectivity index (χ3n) is 5.36. The maximum absolute atomic E-state index is 11.6. The predicted molar refractivity (Wildman–Crippen MR) is 80.9 cm³/mol. The summed E-state index contributed by atoms with van der Waals surface area (Å²) in [6.07, 6.45) is 5.13. The Kier molecular flexibility index (Phi) is 3.15. The van der Waals surface area contributed by atoms with Crippen LogP contribution in [0.25, 0.3) is 0 Å². The van der Waals surface area contributed by atoms with Gasteiger partial charge < -0.3 is 14.2 Å². The fourth-order valence-electron chi connectivity index (χ4n) is 4.02. The Morgan fingerprint density at radius 2 is 2.14 bits per heavy atom. The van der Waals surface area contributed by atoms with E-state index in [9.17, 15) is 4.79 Å². The van der Waals surface area contributed by atoms with Crippen molar-refractivity contribution < 1.29 is 9.53 Å². The van der Waals surface area contributed by atoms with Crippen molar-refractivity contribution in [2.24, 2.45) is 0 Å². The first kappa shape index (κ1) is 13.8. The minimum Gasteiger partial charge on any atom is -0.377 e. The molecular formula is C15H20BrN3O2. The summed E-state index contributed by atoms with van der Waals surface area (Å²) in [7, 11) is 0. The van der Waals surface area contributed by atoms with Crippen molar-refractivity contribution in [2.45, 2.75) is 57.2 Å². The van der Waals surface area contributed by atoms with Crippen LogP contribution in [0.2, 0.25) is 0 Å². The van der Waals surface area contributed by atoms with Gasteiger partial charge in [-0.3, -0.25) is 4.79 Å². The highest BCUT2D eigenvalue weighted by molar-refractivity contribution is 9.10. The van der Waals surface area contributed by atoms with E-state index in [0.29, 0.717) is 12.6 Å². The molecule has 1 saturated carbocycles. The zero-order valence-corrected chi connectivity index (χ0v) is 13.9. The minimum atomic E-state index is 0.0912. The van der Waals surface area contributed by atoms with Gasteiger partial charge in [-0.05, 0) is 41.6 Å². The number of imidazole rings is 1. The number of carbonyl (C=O) groups excluding carboxylic acids is 1. The summed E-state index contributed by atoms with van der Waals surface area (Å²) in [5.41, 5.74) is 1.22. The van der Waals surface area contributed by atoms with Crippen molar-refractivity contribution in [3.63, 3.8) is 0 Å². The summed E-state index contributed by atoms with van der Waals surface area (Å²) in [6.45, 7) is 4.71. The molecule has 2 saturated heterocycles. The molecule has 5 nitrogen and oxygen atoms in total. The number of nitrogens with zero attached hydrogens (tertiary/aromatic N) is 3. The summed E-state index contributed by atoms with van der Waals surface area (Å²) in [5, 5.41) is 0. The van der Waals surface area contributed by atoms with Gasteiger partial charge in [-0.2, -0.15) is 0 Å². The van der Waals surface area contributed by atoms with E-state index in [4.69, 9.17) is 9.72 Å². The Labute approximate surface area is 132 Å². The van der Waals surface area contributed by atoms with Crippen LogP contribution in [-0.4, -0.2) is 39.6 Å². The molecule has 1 aliphatic carbocycles. The predicted octanol–water partition coefficient (Wildman–Crippen LogP) is 2.22. The van der Waals surface area contributed by atoms with Crippen molar-refractivity contribution in [1.82, 2.24) is 14.5 Å². The molecule has 1 amide bonds. The zero-order chi connectivity index (χ0) is 14.6. The van der Waals surface area contributed by atoms with E-state index >= 15 is 0 Å². The molecule has 2 bridgehead atoms. The van der Waals surface area contributed by atoms with Crippen LogP contribution >= 0.6 is 15.9 Å². The average Bonchev–Trinajstić information content (AvgIpc) is 2.86. The number of fused-ring (bicyclic) bond motifs is 4. The second-order valence-corrected chi connectivity index (χ2v) is 7.31. The van der Waals surface area contributed by atoms with Gasteiger partial charge in [0.15, 0.2) is 0 Å². The Morgan fingerprint density at radius 3 is 2.76 bits per heavy atom. The Bertz CT molecular complexity index is 576. The van der Waals surface area contributed by atoms with Gasteiger partial charge in [0.25, 0.3) is 0 Å². The highest BCUT2D eigenvalue weighted by atomic mass is 79.9. The number of ether oxygens (including phenoxy) is 1. The van der Waals surface area contributed by atoms with Crippen LogP contribution in [0.15, 0.2) is 4.60 Å². The molecule has 0 atom stereocenters. The zero-order valence-electron chi connectivity index (χ0n) is 12.3. The topological polar surface area (TPSA) is 47.4 Å². The summed E-state index contributed by atoms with van der Waals surface area (Å²) >= 11 is 3.60. The van der Waals surface area contributed by atoms with Gasteiger partial charge >= 0.3 is 0 Å². The van der Waals surface area contributed by atoms with Gasteiger partial charge in [-0.15, -0.1) is 0 Å². The van der Waals surface area contributed by atoms with E-state index in [0.717, 1.165) is 42.8 Å². The van der Waals surface area contributed by atoms with E-state index in [2.05, 4.69) is 20.5 Å². The fraction of sp³-hybridized carbons (Fsp3) is 0.733. The molecule has 1 aromatic rings. The second kappa shape index (κ2) is 4.81. The Balaban J connectivity index is 1.72. The molecule has 3 fully saturated rings. The third kappa shape index (κ3) is 2.06. The van der Waals surface area contributed by atoms with Crippen LogP contribution in [0.3, 0.4) is 0 Å². The number of halogens is 1. The number of rotatable bonds is 1. The smallest absolute Gasteiger partial charge is 0.219 e. The van der Waals surface area contributed by atoms with Gasteiger partial charge in [0.05, 0.1) is 30.4 Å². The number of aromatic nitrogens is 2. The molecule has 0 N–H and O–H groups in total. The van der Waals surface area contributed by atoms with E-state index in [1.165, 1.54) is 18.7 Å². The van der Waals surface area contributed by atoms with Gasteiger partial charge in [0.2, 0.25) is 5.91 Å². The third-order valence-corrected chi connectivity index (χ3v) is 6.00. The van der Waals surface area contributed by atoms with Crippen LogP contribution in [0.5, 0.6) is 0 Å². The lowest BCUT2D eigenvalue weighted by atomic mass is 9.70. The fourth-order valence-corrected chi connectivity index (χ4v) is 4.53. The number of carbonyl (C=O) groups is 1. The normalized spacial score (nSPS) is 31.3. The first-order chi connectivity index (χ1) is 10.1. The van der Waals surface area contributed by atoms with Crippen LogP contribution in [0.1, 0.15) is 44.1 Å². The molecule has 5 rings (SSSR count). The lowest BCUT2D eigenvalue weighted by Gasteiger charge is -2.46. The Hall–Kier alpha value is -0.880. The second-order valence-electron chi connectivity index (χ2n) is 6.56. The molecule has 4 aliphatic rings. The molecule has 3 aliphatic heterocycles. The molecule has 4 heterocycles. The van der Waals surface area contributed by atoms with Crippen molar-refractivity contribution in [3.05, 3.63) is 16.1 Å². The van der Waals surface area contributed by atoms with Crippen molar-refractivity contribution in [2.75, 3.05) is 13.2 Å². The van der Waals surface area contributed by atoms with E-state index in [1.807, 2.05) is 4.90 Å². The lowest BCUT2D eigenvalue weighted by Crippen LogP contribution is -2.48. The monoisotopic (exact) mass is 353 g/mol. The molecule has 114 valence electrons. The quantitative estimate of drug-likeness (QED) is 0.777. The molecule has 6 heteroatoms. The summed E-state index contributed by atoms with van der Waals surface area (Å²) in [6, 6.07) is 0. The average molecular weight is 354 g/mol. The number of amides is 1. The minimum absolute atomic E-state index is 0.0912. The van der Waals surface area contributed by atoms with E-state index < -0.39 is 0 Å². The summed E-state index contributed by atoms with van der Waals surface area (Å²) < 4.78 is 9.19. The largest absolute Gasteiger partial charge is 0.377 e. The number of hydrogen-bond donors (Lipinski definition) is 0. The Morgan fingerprint density at radius 1 is 1.38 bits per heavy atom. The number of hydrogen-bond acceptors (Lipinski definition) is 3. The first-order valence-electron chi connectivity index (χ1n) is 7.71. The van der Waals surface area contributed by atoms with Gasteiger partial charge in [-0.1, -0.05) is 0 Å². The van der Waals surface area contributed by atoms with Crippen molar-refractivity contribution in [3.8, 4) is 0 Å². The van der Waals surface area contributed by atoms with Crippen LogP contribution in [-0.2, 0) is 28.0 Å². The highest BCUT2D eigenvalue weighted by Gasteiger charge is 2.46. The van der Waals surface area contributed by atoms with Crippen molar-refractivity contribution >= 4 is 21.8 Å². The molecular weight excluding hydrogens is 334 g/mol. The lowest BCUT2D eigenvalue weighted by molar-refractivity contribution is -0.130. The van der Waals surface area contributed by atoms with Crippen molar-refractivity contribution in [1.29, 1.82) is 0 Å². The van der Waals surface area contributed by atoms with E-state index in [1.54, 1.807) is 6.92 Å². The maximum Gasteiger partial charge on any atom is 0.219 e. The standard InChI is InChI=1S/C15H20BrN3O2/c1-10(20)18-6-7-19-12(8-18)13(16)17-14(19)15-4-2-11(3-5-15)21-9-15/h11H,2-9H2,1H3. The molecule has 21 heavy (non-hydrogen) atoms. The molecule has 1 aromatic heterocycles. The first-order valence-corrected chi connectivity index (χ1v) is 8.51. The SMILES string of the molecule is CC(=O)N1CCn2c(C34CCC(CC3)OC4)nc(Br)c2C1. The molecule has 0 radical (unpaired) electrons. The molecule has 0 aromatic carbocycles. The maximum atomic E-state index is 11.6. The summed E-state index contributed by atoms with van der Waals surface area (Å²) in [5.74, 6) is 1.31. The van der Waals surface area contributed by atoms with Gasteiger partial charge in [-0.25, -0.2) is 4.98 Å². The van der Waals surface area contributed by atoms with Crippen LogP contribution in [0.4, 0.5) is 0 Å². The van der Waals surface area contributed by atoms with Gasteiger partial charge in [0.1, 0.15) is 10.4 Å². The van der Waals surface area contributed by atoms with E-state index in [-0.39, 0.29) is 11.3 Å². The van der Waals surface area contributed by atoms with Crippen LogP contribution < -0.4 is 0 Å². The highest BCUT2D eigenvalue weighted by Crippen LogP contribution is 2.46. The molecule has 0 spiro atoms. The van der Waals surface area contributed by atoms with Gasteiger partial charge in [0, 0.05) is 20.0 Å². The molecule has 0 unspecified atom stereocenters. The van der Waals surface area contributed by atoms with Crippen LogP contribution in [0, 0.1) is 0 Å². The summed E-state index contributed by atoms with van der Waals surface area (Å²) in [4.78, 5) is 18.3.